The van der Waals surface area contributed by atoms with Crippen molar-refractivity contribution >= 4 is 21.6 Å². The molecule has 0 amide bonds. The highest BCUT2D eigenvalue weighted by Crippen LogP contribution is 2.33. The van der Waals surface area contributed by atoms with Gasteiger partial charge >= 0.3 is 0 Å². The number of pyridine rings is 1. The monoisotopic (exact) mass is 448 g/mol. The van der Waals surface area contributed by atoms with Gasteiger partial charge in [-0.3, -0.25) is 9.67 Å². The molecule has 166 valence electrons. The van der Waals surface area contributed by atoms with Crippen molar-refractivity contribution in [2.24, 2.45) is 5.92 Å². The number of aliphatic hydroxyl groups is 1. The molecule has 0 spiro atoms. The van der Waals surface area contributed by atoms with E-state index in [9.17, 15) is 5.11 Å². The van der Waals surface area contributed by atoms with Crippen molar-refractivity contribution in [2.45, 2.75) is 58.1 Å². The Kier molecular flexibility index (Phi) is 6.19. The van der Waals surface area contributed by atoms with Crippen LogP contribution in [0.25, 0.3) is 21.5 Å². The number of rotatable bonds is 7. The van der Waals surface area contributed by atoms with Crippen LogP contribution >= 0.6 is 11.3 Å². The van der Waals surface area contributed by atoms with Gasteiger partial charge in [-0.05, 0) is 43.4 Å². The van der Waals surface area contributed by atoms with Crippen LogP contribution in [-0.4, -0.2) is 31.0 Å². The number of aryl methyl sites for hydroxylation is 1. The fourth-order valence-electron chi connectivity index (χ4n) is 4.37. The first-order valence-electron chi connectivity index (χ1n) is 11.4. The van der Waals surface area contributed by atoms with Crippen molar-refractivity contribution in [2.75, 3.05) is 0 Å². The van der Waals surface area contributed by atoms with Crippen LogP contribution in [-0.2, 0) is 13.0 Å². The Hall–Kier alpha value is -2.77. The van der Waals surface area contributed by atoms with E-state index in [-0.39, 0.29) is 6.10 Å². The summed E-state index contributed by atoms with van der Waals surface area (Å²) in [6.07, 6.45) is 11.7. The summed E-state index contributed by atoms with van der Waals surface area (Å²) in [6.45, 7) is 3.03. The number of hydrogen-bond acceptors (Lipinski definition) is 6. The third kappa shape index (κ3) is 4.69. The van der Waals surface area contributed by atoms with E-state index in [1.165, 1.54) is 6.42 Å². The van der Waals surface area contributed by atoms with Gasteiger partial charge in [-0.2, -0.15) is 5.10 Å². The van der Waals surface area contributed by atoms with Gasteiger partial charge in [0.15, 0.2) is 0 Å². The van der Waals surface area contributed by atoms with Crippen molar-refractivity contribution in [3.63, 3.8) is 0 Å². The molecule has 1 aromatic carbocycles. The van der Waals surface area contributed by atoms with Crippen LogP contribution in [0, 0.1) is 5.92 Å². The number of aliphatic hydroxyl groups excluding tert-OH is 1. The zero-order chi connectivity index (χ0) is 21.9. The summed E-state index contributed by atoms with van der Waals surface area (Å²) in [5.74, 6) is 1.86. The quantitative estimate of drug-likeness (QED) is 0.384. The Morgan fingerprint density at radius 2 is 2.03 bits per heavy atom. The van der Waals surface area contributed by atoms with Gasteiger partial charge in [0, 0.05) is 43.1 Å². The van der Waals surface area contributed by atoms with Crippen LogP contribution < -0.4 is 4.74 Å². The largest absolute Gasteiger partial charge is 0.457 e. The summed E-state index contributed by atoms with van der Waals surface area (Å²) in [5.41, 5.74) is 2.81. The number of ether oxygens (including phenoxy) is 1. The van der Waals surface area contributed by atoms with Gasteiger partial charge in [0.1, 0.15) is 11.5 Å². The fraction of sp³-hybridized carbons (Fsp3) is 0.400. The highest BCUT2D eigenvalue weighted by molar-refractivity contribution is 7.18. The molecule has 1 saturated carbocycles. The second kappa shape index (κ2) is 9.38. The minimum atomic E-state index is -0.190. The minimum absolute atomic E-state index is 0.190. The number of nitrogens with zero attached hydrogens (tertiary/aromatic N) is 4. The molecule has 0 saturated heterocycles. The Bertz CT molecular complexity index is 1200. The first kappa shape index (κ1) is 21.1. The summed E-state index contributed by atoms with van der Waals surface area (Å²) in [6, 6.07) is 9.83. The van der Waals surface area contributed by atoms with E-state index in [4.69, 9.17) is 9.72 Å². The topological polar surface area (TPSA) is 73.1 Å². The third-order valence-corrected chi connectivity index (χ3v) is 7.10. The predicted octanol–water partition coefficient (Wildman–Crippen LogP) is 5.85. The number of benzene rings is 1. The van der Waals surface area contributed by atoms with Crippen molar-refractivity contribution in [1.29, 1.82) is 0 Å². The van der Waals surface area contributed by atoms with E-state index in [0.29, 0.717) is 5.92 Å². The van der Waals surface area contributed by atoms with Crippen LogP contribution in [0.5, 0.6) is 11.5 Å². The Morgan fingerprint density at radius 3 is 2.91 bits per heavy atom. The summed E-state index contributed by atoms with van der Waals surface area (Å²) < 4.78 is 9.20. The SMILES string of the molecule is CCCn1cc(-c2cc(Oc3ccc4nc(C[C@@H]5CCCC[C@H]5O)sc4c3)ccn2)cn1. The summed E-state index contributed by atoms with van der Waals surface area (Å²) in [4.78, 5) is 9.27. The normalized spacial score (nSPS) is 18.8. The summed E-state index contributed by atoms with van der Waals surface area (Å²) in [7, 11) is 0. The maximum absolute atomic E-state index is 10.3. The van der Waals surface area contributed by atoms with Gasteiger partial charge in [0.25, 0.3) is 0 Å². The zero-order valence-corrected chi connectivity index (χ0v) is 19.1. The standard InChI is InChI=1S/C25H28N4O2S/c1-2-11-29-16-18(15-27-29)22-13-20(9-10-26-22)31-19-7-8-21-24(14-19)32-25(28-21)12-17-5-3-4-6-23(17)30/h7-10,13-17,23,30H,2-6,11-12H2,1H3/t17-,23+/m0/s1. The van der Waals surface area contributed by atoms with Crippen molar-refractivity contribution in [3.05, 3.63) is 53.9 Å². The molecule has 2 atom stereocenters. The number of hydrogen-bond donors (Lipinski definition) is 1. The molecule has 1 N–H and O–H groups in total. The molecular formula is C25H28N4O2S. The highest BCUT2D eigenvalue weighted by atomic mass is 32.1. The van der Waals surface area contributed by atoms with Crippen LogP contribution in [0.2, 0.25) is 0 Å². The molecule has 3 heterocycles. The number of aromatic nitrogens is 4. The van der Waals surface area contributed by atoms with Gasteiger partial charge in [0.2, 0.25) is 0 Å². The Balaban J connectivity index is 1.31. The molecule has 1 aliphatic carbocycles. The van der Waals surface area contributed by atoms with Crippen LogP contribution in [0.3, 0.4) is 0 Å². The Morgan fingerprint density at radius 1 is 1.16 bits per heavy atom. The van der Waals surface area contributed by atoms with Crippen LogP contribution in [0.15, 0.2) is 48.9 Å². The minimum Gasteiger partial charge on any atom is -0.457 e. The average Bonchev–Trinajstić information content (AvgIpc) is 3.42. The molecule has 6 nitrogen and oxygen atoms in total. The molecule has 0 radical (unpaired) electrons. The van der Waals surface area contributed by atoms with Gasteiger partial charge in [-0.25, -0.2) is 4.98 Å². The molecule has 32 heavy (non-hydrogen) atoms. The molecule has 1 aliphatic rings. The van der Waals surface area contributed by atoms with Crippen molar-refractivity contribution in [3.8, 4) is 22.8 Å². The molecule has 4 aromatic rings. The number of fused-ring (bicyclic) bond motifs is 1. The Labute approximate surface area is 191 Å². The highest BCUT2D eigenvalue weighted by Gasteiger charge is 2.24. The molecular weight excluding hydrogens is 420 g/mol. The van der Waals surface area contributed by atoms with Gasteiger partial charge in [-0.1, -0.05) is 19.8 Å². The van der Waals surface area contributed by atoms with E-state index in [1.807, 2.05) is 47.4 Å². The van der Waals surface area contributed by atoms with Crippen LogP contribution in [0.1, 0.15) is 44.0 Å². The lowest BCUT2D eigenvalue weighted by molar-refractivity contribution is 0.0700. The third-order valence-electron chi connectivity index (χ3n) is 6.06. The number of thiazole rings is 1. The lowest BCUT2D eigenvalue weighted by Gasteiger charge is -2.26. The molecule has 0 aliphatic heterocycles. The lowest BCUT2D eigenvalue weighted by atomic mass is 9.84. The van der Waals surface area contributed by atoms with Gasteiger partial charge in [-0.15, -0.1) is 11.3 Å². The van der Waals surface area contributed by atoms with Crippen molar-refractivity contribution in [1.82, 2.24) is 19.7 Å². The van der Waals surface area contributed by atoms with E-state index >= 15 is 0 Å². The average molecular weight is 449 g/mol. The molecule has 0 bridgehead atoms. The summed E-state index contributed by atoms with van der Waals surface area (Å²) >= 11 is 1.70. The first-order chi connectivity index (χ1) is 15.7. The fourth-order valence-corrected chi connectivity index (χ4v) is 5.46. The maximum atomic E-state index is 10.3. The summed E-state index contributed by atoms with van der Waals surface area (Å²) in [5, 5.41) is 15.8. The second-order valence-corrected chi connectivity index (χ2v) is 9.64. The first-order valence-corrected chi connectivity index (χ1v) is 12.2. The molecule has 5 rings (SSSR count). The maximum Gasteiger partial charge on any atom is 0.131 e. The van der Waals surface area contributed by atoms with Gasteiger partial charge < -0.3 is 9.84 Å². The van der Waals surface area contributed by atoms with E-state index in [1.54, 1.807) is 17.5 Å². The van der Waals surface area contributed by atoms with E-state index in [2.05, 4.69) is 17.0 Å². The predicted molar refractivity (Wildman–Crippen MR) is 127 cm³/mol. The van der Waals surface area contributed by atoms with E-state index in [0.717, 1.165) is 76.6 Å². The second-order valence-electron chi connectivity index (χ2n) is 8.52. The lowest BCUT2D eigenvalue weighted by Crippen LogP contribution is -2.26. The van der Waals surface area contributed by atoms with Crippen LogP contribution in [0.4, 0.5) is 0 Å². The van der Waals surface area contributed by atoms with Crippen molar-refractivity contribution < 1.29 is 9.84 Å². The zero-order valence-electron chi connectivity index (χ0n) is 18.3. The smallest absolute Gasteiger partial charge is 0.131 e. The molecule has 1 fully saturated rings. The molecule has 3 aromatic heterocycles. The molecule has 0 unspecified atom stereocenters. The van der Waals surface area contributed by atoms with E-state index < -0.39 is 0 Å². The molecule has 7 heteroatoms. The van der Waals surface area contributed by atoms with Gasteiger partial charge in [0.05, 0.1) is 33.2 Å².